The van der Waals surface area contributed by atoms with Crippen LogP contribution < -0.4 is 5.32 Å². The number of hydrogen-bond donors (Lipinski definition) is 1. The molecule has 0 aliphatic carbocycles. The summed E-state index contributed by atoms with van der Waals surface area (Å²) in [6.07, 6.45) is 1.22. The summed E-state index contributed by atoms with van der Waals surface area (Å²) >= 11 is 0. The van der Waals surface area contributed by atoms with Crippen molar-refractivity contribution in [2.75, 3.05) is 5.32 Å². The van der Waals surface area contributed by atoms with E-state index in [0.29, 0.717) is 16.8 Å². The van der Waals surface area contributed by atoms with Gasteiger partial charge in [0.1, 0.15) is 5.58 Å². The van der Waals surface area contributed by atoms with Crippen LogP contribution in [0.5, 0.6) is 0 Å². The fourth-order valence-electron chi connectivity index (χ4n) is 2.89. The minimum atomic E-state index is -1.29. The molecule has 4 rings (SSSR count). The van der Waals surface area contributed by atoms with E-state index in [1.807, 2.05) is 18.2 Å². The molecule has 0 radical (unpaired) electrons. The van der Waals surface area contributed by atoms with Crippen molar-refractivity contribution in [3.05, 3.63) is 77.7 Å². The number of para-hydroxylation sites is 1. The maximum absolute atomic E-state index is 12.6. The summed E-state index contributed by atoms with van der Waals surface area (Å²) in [4.78, 5) is 36.5. The molecule has 1 N–H and O–H groups in total. The number of fused-ring (bicyclic) bond motifs is 1. The van der Waals surface area contributed by atoms with Crippen molar-refractivity contribution in [3.63, 3.8) is 0 Å². The lowest BCUT2D eigenvalue weighted by Crippen LogP contribution is -2.42. The third-order valence-electron chi connectivity index (χ3n) is 4.30. The first kappa shape index (κ1) is 18.5. The van der Waals surface area contributed by atoms with E-state index < -0.39 is 17.7 Å². The van der Waals surface area contributed by atoms with Crippen LogP contribution in [0.4, 0.5) is 5.69 Å². The van der Waals surface area contributed by atoms with E-state index in [9.17, 15) is 14.4 Å². The molecule has 146 valence electrons. The first-order valence-electron chi connectivity index (χ1n) is 8.89. The van der Waals surface area contributed by atoms with Gasteiger partial charge in [0.25, 0.3) is 5.79 Å². The topological polar surface area (TPSA) is 94.8 Å². The molecule has 2 aromatic carbocycles. The van der Waals surface area contributed by atoms with Gasteiger partial charge in [-0.25, -0.2) is 9.59 Å². The third-order valence-corrected chi connectivity index (χ3v) is 4.30. The SMILES string of the molecule is CC1(C)OC(=O)C(=CNc2ccc(C(=O)c3cc4ccccc4o3)cc2)C(=O)O1. The Morgan fingerprint density at radius 1 is 0.966 bits per heavy atom. The maximum atomic E-state index is 12.6. The molecule has 3 aromatic rings. The number of ketones is 1. The Morgan fingerprint density at radius 2 is 1.62 bits per heavy atom. The molecule has 2 heterocycles. The number of benzene rings is 2. The predicted molar refractivity (Wildman–Crippen MR) is 104 cm³/mol. The molecule has 0 bridgehead atoms. The van der Waals surface area contributed by atoms with Crippen LogP contribution in [-0.2, 0) is 19.1 Å². The van der Waals surface area contributed by atoms with Crippen LogP contribution in [0.3, 0.4) is 0 Å². The number of furan rings is 1. The lowest BCUT2D eigenvalue weighted by Gasteiger charge is -2.29. The second-order valence-electron chi connectivity index (χ2n) is 6.94. The number of carbonyl (C=O) groups is 3. The molecule has 1 saturated heterocycles. The number of ether oxygens (including phenoxy) is 2. The molecule has 7 nitrogen and oxygen atoms in total. The zero-order valence-corrected chi connectivity index (χ0v) is 15.7. The highest BCUT2D eigenvalue weighted by atomic mass is 16.7. The maximum Gasteiger partial charge on any atom is 0.350 e. The van der Waals surface area contributed by atoms with Crippen molar-refractivity contribution in [1.82, 2.24) is 0 Å². The van der Waals surface area contributed by atoms with E-state index in [1.54, 1.807) is 36.4 Å². The second-order valence-corrected chi connectivity index (χ2v) is 6.94. The van der Waals surface area contributed by atoms with Crippen molar-refractivity contribution >= 4 is 34.4 Å². The average Bonchev–Trinajstić information content (AvgIpc) is 3.10. The van der Waals surface area contributed by atoms with Gasteiger partial charge in [-0.15, -0.1) is 0 Å². The van der Waals surface area contributed by atoms with Crippen LogP contribution in [-0.4, -0.2) is 23.5 Å². The van der Waals surface area contributed by atoms with Crippen LogP contribution in [0.2, 0.25) is 0 Å². The molecule has 29 heavy (non-hydrogen) atoms. The molecule has 0 unspecified atom stereocenters. The molecule has 1 aliphatic heterocycles. The monoisotopic (exact) mass is 391 g/mol. The van der Waals surface area contributed by atoms with Gasteiger partial charge in [-0.3, -0.25) is 4.79 Å². The molecule has 0 saturated carbocycles. The number of cyclic esters (lactones) is 2. The Bertz CT molecular complexity index is 1100. The van der Waals surface area contributed by atoms with Crippen molar-refractivity contribution in [1.29, 1.82) is 0 Å². The van der Waals surface area contributed by atoms with Crippen molar-refractivity contribution in [3.8, 4) is 0 Å². The number of esters is 2. The van der Waals surface area contributed by atoms with E-state index in [1.165, 1.54) is 20.0 Å². The van der Waals surface area contributed by atoms with Gasteiger partial charge >= 0.3 is 11.9 Å². The summed E-state index contributed by atoms with van der Waals surface area (Å²) in [6.45, 7) is 2.95. The predicted octanol–water partition coefficient (Wildman–Crippen LogP) is 3.80. The Kier molecular flexibility index (Phi) is 4.43. The molecule has 0 atom stereocenters. The number of hydrogen-bond acceptors (Lipinski definition) is 7. The standard InChI is InChI=1S/C22H17NO6/c1-22(2)28-20(25)16(21(26)29-22)12-23-15-9-7-13(8-10-15)19(24)18-11-14-5-3-4-6-17(14)27-18/h3-12,23H,1-2H3. The summed E-state index contributed by atoms with van der Waals surface area (Å²) in [5.74, 6) is -2.81. The van der Waals surface area contributed by atoms with Gasteiger partial charge in [0.15, 0.2) is 11.3 Å². The second kappa shape index (κ2) is 6.94. The molecule has 1 aliphatic rings. The van der Waals surface area contributed by atoms with Gasteiger partial charge in [0.05, 0.1) is 0 Å². The highest BCUT2D eigenvalue weighted by molar-refractivity contribution is 6.15. The normalized spacial score (nSPS) is 15.6. The van der Waals surface area contributed by atoms with E-state index in [0.717, 1.165) is 5.39 Å². The average molecular weight is 391 g/mol. The van der Waals surface area contributed by atoms with Crippen molar-refractivity contribution in [2.45, 2.75) is 19.6 Å². The van der Waals surface area contributed by atoms with Crippen LogP contribution in [0, 0.1) is 0 Å². The minimum absolute atomic E-state index is 0.243. The van der Waals surface area contributed by atoms with Gasteiger partial charge in [0.2, 0.25) is 5.78 Å². The number of carbonyl (C=O) groups excluding carboxylic acids is 3. The van der Waals surface area contributed by atoms with E-state index >= 15 is 0 Å². The highest BCUT2D eigenvalue weighted by Crippen LogP contribution is 2.24. The molecule has 1 aromatic heterocycles. The summed E-state index contributed by atoms with van der Waals surface area (Å²) < 4.78 is 15.7. The Balaban J connectivity index is 1.48. The van der Waals surface area contributed by atoms with Crippen LogP contribution in [0.25, 0.3) is 11.0 Å². The summed E-state index contributed by atoms with van der Waals surface area (Å²) in [6, 6.07) is 15.6. The van der Waals surface area contributed by atoms with Crippen LogP contribution in [0.15, 0.2) is 70.8 Å². The van der Waals surface area contributed by atoms with Crippen LogP contribution in [0.1, 0.15) is 30.0 Å². The van der Waals surface area contributed by atoms with E-state index in [2.05, 4.69) is 5.32 Å². The molecule has 0 amide bonds. The fraction of sp³-hybridized carbons (Fsp3) is 0.136. The fourth-order valence-corrected chi connectivity index (χ4v) is 2.89. The third kappa shape index (κ3) is 3.75. The summed E-state index contributed by atoms with van der Waals surface area (Å²) in [7, 11) is 0. The minimum Gasteiger partial charge on any atom is -0.453 e. The highest BCUT2D eigenvalue weighted by Gasteiger charge is 2.38. The van der Waals surface area contributed by atoms with E-state index in [-0.39, 0.29) is 17.1 Å². The zero-order valence-electron chi connectivity index (χ0n) is 15.7. The molecular weight excluding hydrogens is 374 g/mol. The van der Waals surface area contributed by atoms with Gasteiger partial charge in [-0.2, -0.15) is 0 Å². The number of anilines is 1. The molecular formula is C22H17NO6. The van der Waals surface area contributed by atoms with E-state index in [4.69, 9.17) is 13.9 Å². The molecule has 7 heteroatoms. The Hall–Kier alpha value is -3.87. The van der Waals surface area contributed by atoms with Gasteiger partial charge in [0, 0.05) is 36.7 Å². The zero-order chi connectivity index (χ0) is 20.6. The number of nitrogens with one attached hydrogen (secondary N) is 1. The van der Waals surface area contributed by atoms with Gasteiger partial charge in [-0.05, 0) is 36.4 Å². The van der Waals surface area contributed by atoms with Gasteiger partial charge < -0.3 is 19.2 Å². The number of rotatable bonds is 4. The molecule has 0 spiro atoms. The molecule has 1 fully saturated rings. The van der Waals surface area contributed by atoms with Crippen LogP contribution >= 0.6 is 0 Å². The summed E-state index contributed by atoms with van der Waals surface area (Å²) in [5.41, 5.74) is 1.42. The largest absolute Gasteiger partial charge is 0.453 e. The van der Waals surface area contributed by atoms with Gasteiger partial charge in [-0.1, -0.05) is 18.2 Å². The quantitative estimate of drug-likeness (QED) is 0.313. The summed E-state index contributed by atoms with van der Waals surface area (Å²) in [5, 5.41) is 3.69. The Morgan fingerprint density at radius 3 is 2.28 bits per heavy atom. The smallest absolute Gasteiger partial charge is 0.350 e. The first-order valence-corrected chi connectivity index (χ1v) is 8.89. The Labute approximate surface area is 165 Å². The first-order chi connectivity index (χ1) is 13.8. The van der Waals surface area contributed by atoms with Crippen molar-refractivity contribution in [2.24, 2.45) is 0 Å². The lowest BCUT2D eigenvalue weighted by molar-refractivity contribution is -0.222. The van der Waals surface area contributed by atoms with Crippen molar-refractivity contribution < 1.29 is 28.3 Å². The lowest BCUT2D eigenvalue weighted by atomic mass is 10.1.